The third-order valence-electron chi connectivity index (χ3n) is 3.16. The Morgan fingerprint density at radius 3 is 2.45 bits per heavy atom. The summed E-state index contributed by atoms with van der Waals surface area (Å²) in [7, 11) is 0. The number of benzene rings is 1. The van der Waals surface area contributed by atoms with Crippen molar-refractivity contribution < 1.29 is 19.8 Å². The van der Waals surface area contributed by atoms with E-state index in [1.807, 2.05) is 13.1 Å². The molecule has 1 aromatic heterocycles. The fourth-order valence-electron chi connectivity index (χ4n) is 1.75. The lowest BCUT2D eigenvalue weighted by Crippen LogP contribution is -2.46. The molecule has 0 radical (unpaired) electrons. The number of aliphatic hydroxyl groups is 1. The Bertz CT molecular complexity index is 689. The van der Waals surface area contributed by atoms with Crippen molar-refractivity contribution >= 4 is 11.9 Å². The van der Waals surface area contributed by atoms with E-state index in [-0.39, 0.29) is 6.54 Å². The van der Waals surface area contributed by atoms with Crippen molar-refractivity contribution in [2.45, 2.75) is 19.4 Å². The van der Waals surface area contributed by atoms with Gasteiger partial charge in [-0.1, -0.05) is 0 Å². The van der Waals surface area contributed by atoms with Crippen molar-refractivity contribution in [3.8, 4) is 5.69 Å². The highest BCUT2D eigenvalue weighted by molar-refractivity contribution is 5.94. The van der Waals surface area contributed by atoms with Crippen LogP contribution in [0.4, 0.5) is 0 Å². The van der Waals surface area contributed by atoms with Gasteiger partial charge in [0.15, 0.2) is 5.60 Å². The summed E-state index contributed by atoms with van der Waals surface area (Å²) in [6.07, 6.45) is 3.59. The maximum absolute atomic E-state index is 11.9. The zero-order chi connectivity index (χ0) is 16.3. The zero-order valence-corrected chi connectivity index (χ0v) is 12.3. The van der Waals surface area contributed by atoms with Crippen LogP contribution in [0.15, 0.2) is 36.7 Å². The summed E-state index contributed by atoms with van der Waals surface area (Å²) in [6.45, 7) is 2.68. The first-order valence-electron chi connectivity index (χ1n) is 6.65. The lowest BCUT2D eigenvalue weighted by Gasteiger charge is -2.18. The van der Waals surface area contributed by atoms with Gasteiger partial charge in [-0.15, -0.1) is 0 Å². The van der Waals surface area contributed by atoms with E-state index in [9.17, 15) is 14.7 Å². The van der Waals surface area contributed by atoms with Crippen LogP contribution in [0.1, 0.15) is 22.8 Å². The van der Waals surface area contributed by atoms with Gasteiger partial charge < -0.3 is 15.5 Å². The topological polar surface area (TPSA) is 104 Å². The summed E-state index contributed by atoms with van der Waals surface area (Å²) in [5.41, 5.74) is 0.205. The lowest BCUT2D eigenvalue weighted by atomic mass is 10.1. The fourth-order valence-corrected chi connectivity index (χ4v) is 1.75. The predicted octanol–water partition coefficient (Wildman–Crippen LogP) is 0.746. The van der Waals surface area contributed by atoms with Gasteiger partial charge in [0.1, 0.15) is 0 Å². The molecule has 0 aliphatic rings. The average molecular weight is 303 g/mol. The highest BCUT2D eigenvalue weighted by atomic mass is 16.4. The van der Waals surface area contributed by atoms with E-state index in [1.54, 1.807) is 35.1 Å². The molecule has 2 aromatic rings. The molecule has 0 aliphatic heterocycles. The molecule has 0 spiro atoms. The number of carbonyl (C=O) groups is 2. The fraction of sp³-hybridized carbons (Fsp3) is 0.267. The van der Waals surface area contributed by atoms with Crippen LogP contribution < -0.4 is 5.32 Å². The van der Waals surface area contributed by atoms with Crippen molar-refractivity contribution in [3.63, 3.8) is 0 Å². The first kappa shape index (κ1) is 15.7. The number of carbonyl (C=O) groups excluding carboxylic acids is 1. The quantitative estimate of drug-likeness (QED) is 0.756. The van der Waals surface area contributed by atoms with Gasteiger partial charge in [-0.2, -0.15) is 5.10 Å². The summed E-state index contributed by atoms with van der Waals surface area (Å²) in [5, 5.41) is 24.9. The Balaban J connectivity index is 2.04. The van der Waals surface area contributed by atoms with Crippen LogP contribution in [0.3, 0.4) is 0 Å². The van der Waals surface area contributed by atoms with Gasteiger partial charge in [-0.05, 0) is 43.7 Å². The van der Waals surface area contributed by atoms with Crippen LogP contribution in [-0.2, 0) is 4.79 Å². The van der Waals surface area contributed by atoms with Crippen LogP contribution in [0.2, 0.25) is 0 Å². The van der Waals surface area contributed by atoms with Gasteiger partial charge >= 0.3 is 5.97 Å². The maximum Gasteiger partial charge on any atom is 0.337 e. The predicted molar refractivity (Wildman–Crippen MR) is 78.9 cm³/mol. The molecule has 0 saturated heterocycles. The van der Waals surface area contributed by atoms with Crippen molar-refractivity contribution in [1.29, 1.82) is 0 Å². The first-order valence-corrected chi connectivity index (χ1v) is 6.65. The van der Waals surface area contributed by atoms with E-state index in [1.165, 1.54) is 0 Å². The number of aromatic nitrogens is 2. The van der Waals surface area contributed by atoms with Crippen LogP contribution >= 0.6 is 0 Å². The normalized spacial score (nSPS) is 13.4. The largest absolute Gasteiger partial charge is 0.479 e. The molecule has 1 amide bonds. The number of hydrogen-bond acceptors (Lipinski definition) is 4. The van der Waals surface area contributed by atoms with Gasteiger partial charge in [-0.3, -0.25) is 4.79 Å². The minimum atomic E-state index is -2.00. The molecular weight excluding hydrogens is 286 g/mol. The van der Waals surface area contributed by atoms with Crippen LogP contribution in [0.25, 0.3) is 5.69 Å². The molecule has 22 heavy (non-hydrogen) atoms. The molecule has 1 heterocycles. The number of amides is 1. The summed E-state index contributed by atoms with van der Waals surface area (Å²) in [6, 6.07) is 6.68. The Kier molecular flexibility index (Phi) is 4.27. The molecule has 7 nitrogen and oxygen atoms in total. The zero-order valence-electron chi connectivity index (χ0n) is 12.3. The Morgan fingerprint density at radius 1 is 1.32 bits per heavy atom. The molecule has 0 bridgehead atoms. The summed E-state index contributed by atoms with van der Waals surface area (Å²) < 4.78 is 1.69. The summed E-state index contributed by atoms with van der Waals surface area (Å²) >= 11 is 0. The van der Waals surface area contributed by atoms with Crippen LogP contribution in [-0.4, -0.2) is 44.0 Å². The third kappa shape index (κ3) is 3.50. The number of carboxylic acids is 1. The van der Waals surface area contributed by atoms with Crippen LogP contribution in [0.5, 0.6) is 0 Å². The van der Waals surface area contributed by atoms with E-state index < -0.39 is 17.5 Å². The molecule has 116 valence electrons. The van der Waals surface area contributed by atoms with E-state index in [4.69, 9.17) is 5.11 Å². The molecule has 0 saturated carbocycles. The van der Waals surface area contributed by atoms with Gasteiger partial charge in [0.2, 0.25) is 0 Å². The van der Waals surface area contributed by atoms with E-state index in [2.05, 4.69) is 10.4 Å². The third-order valence-corrected chi connectivity index (χ3v) is 3.16. The monoisotopic (exact) mass is 303 g/mol. The average Bonchev–Trinajstić information content (AvgIpc) is 2.91. The molecular formula is C15H17N3O4. The molecule has 1 aromatic carbocycles. The minimum absolute atomic E-state index is 0.369. The van der Waals surface area contributed by atoms with Crippen molar-refractivity contribution in [2.24, 2.45) is 0 Å². The Hall–Kier alpha value is -2.67. The Labute approximate surface area is 127 Å². The second-order valence-electron chi connectivity index (χ2n) is 5.27. The molecule has 0 fully saturated rings. The lowest BCUT2D eigenvalue weighted by molar-refractivity contribution is -0.155. The Morgan fingerprint density at radius 2 is 1.95 bits per heavy atom. The summed E-state index contributed by atoms with van der Waals surface area (Å²) in [4.78, 5) is 22.7. The molecule has 1 unspecified atom stereocenters. The molecule has 7 heteroatoms. The van der Waals surface area contributed by atoms with Gasteiger partial charge in [0.05, 0.1) is 18.4 Å². The number of aryl methyl sites for hydroxylation is 1. The number of rotatable bonds is 5. The van der Waals surface area contributed by atoms with Gasteiger partial charge in [-0.25, -0.2) is 9.48 Å². The van der Waals surface area contributed by atoms with Gasteiger partial charge in [0, 0.05) is 11.8 Å². The molecule has 1 atom stereocenters. The van der Waals surface area contributed by atoms with Crippen LogP contribution in [0, 0.1) is 6.92 Å². The highest BCUT2D eigenvalue weighted by Crippen LogP contribution is 2.10. The SMILES string of the molecule is Cc1cnn(-c2ccc(C(=O)NCC(C)(O)C(=O)O)cc2)c1. The number of hydrogen-bond donors (Lipinski definition) is 3. The van der Waals surface area contributed by atoms with Crippen molar-refractivity contribution in [1.82, 2.24) is 15.1 Å². The van der Waals surface area contributed by atoms with E-state index >= 15 is 0 Å². The van der Waals surface area contributed by atoms with Gasteiger partial charge in [0.25, 0.3) is 5.91 Å². The standard InChI is InChI=1S/C15H17N3O4/c1-10-7-17-18(8-10)12-5-3-11(4-6-12)13(19)16-9-15(2,22)14(20)21/h3-8,22H,9H2,1-2H3,(H,16,19)(H,20,21). The molecule has 0 aliphatic carbocycles. The van der Waals surface area contributed by atoms with E-state index in [0.717, 1.165) is 18.2 Å². The van der Waals surface area contributed by atoms with E-state index in [0.29, 0.717) is 5.56 Å². The number of carboxylic acid groups (broad SMARTS) is 1. The minimum Gasteiger partial charge on any atom is -0.479 e. The number of aliphatic carboxylic acids is 1. The number of nitrogens with zero attached hydrogens (tertiary/aromatic N) is 2. The first-order chi connectivity index (χ1) is 10.3. The smallest absolute Gasteiger partial charge is 0.337 e. The maximum atomic E-state index is 11.9. The van der Waals surface area contributed by atoms with Crippen molar-refractivity contribution in [3.05, 3.63) is 47.8 Å². The number of nitrogens with one attached hydrogen (secondary N) is 1. The second-order valence-corrected chi connectivity index (χ2v) is 5.27. The molecule has 3 N–H and O–H groups in total. The molecule has 2 rings (SSSR count). The summed E-state index contributed by atoms with van der Waals surface area (Å²) in [5.74, 6) is -1.85. The highest BCUT2D eigenvalue weighted by Gasteiger charge is 2.30. The van der Waals surface area contributed by atoms with Crippen molar-refractivity contribution in [2.75, 3.05) is 6.54 Å². The second kappa shape index (κ2) is 5.98.